The first kappa shape index (κ1) is 7.67. The fraction of sp³-hybridized carbons (Fsp3) is 0. The quantitative estimate of drug-likeness (QED) is 0.696. The van der Waals surface area contributed by atoms with Gasteiger partial charge in [0, 0.05) is 5.56 Å². The molecule has 0 unspecified atom stereocenters. The molecular formula is C9H7N3O. The minimum atomic E-state index is 0.249. The van der Waals surface area contributed by atoms with Gasteiger partial charge in [-0.05, 0) is 0 Å². The lowest BCUT2D eigenvalue weighted by Crippen LogP contribution is -1.81. The van der Waals surface area contributed by atoms with Gasteiger partial charge < -0.3 is 0 Å². The van der Waals surface area contributed by atoms with E-state index in [-0.39, 0.29) is 5.82 Å². The van der Waals surface area contributed by atoms with Crippen LogP contribution in [-0.2, 0) is 0 Å². The fourth-order valence-electron chi connectivity index (χ4n) is 1.04. The number of aromatic amines is 1. The smallest absolute Gasteiger partial charge is 0.189 e. The Morgan fingerprint density at radius 3 is 2.62 bits per heavy atom. The summed E-state index contributed by atoms with van der Waals surface area (Å²) in [5.41, 5.74) is 0.895. The molecule has 0 aliphatic rings. The summed E-state index contributed by atoms with van der Waals surface area (Å²) in [5.74, 6) is 0.793. The second kappa shape index (κ2) is 3.18. The van der Waals surface area contributed by atoms with E-state index in [1.165, 1.54) is 0 Å². The van der Waals surface area contributed by atoms with Crippen LogP contribution >= 0.6 is 0 Å². The lowest BCUT2D eigenvalue weighted by atomic mass is 10.2. The largest absolute Gasteiger partial charge is 0.294 e. The number of aldehydes is 1. The molecule has 0 aliphatic heterocycles. The van der Waals surface area contributed by atoms with Gasteiger partial charge in [0.15, 0.2) is 17.9 Å². The number of carbonyl (C=O) groups is 1. The fourth-order valence-corrected chi connectivity index (χ4v) is 1.04. The number of nitrogens with one attached hydrogen (secondary N) is 1. The summed E-state index contributed by atoms with van der Waals surface area (Å²) in [6.45, 7) is 0. The SMILES string of the molecule is O=Cc1nc(-c2ccccc2)n[nH]1. The second-order valence-electron chi connectivity index (χ2n) is 2.53. The molecule has 1 heterocycles. The average Bonchev–Trinajstić information content (AvgIpc) is 2.67. The number of carbonyl (C=O) groups excluding carboxylic acids is 1. The summed E-state index contributed by atoms with van der Waals surface area (Å²) in [7, 11) is 0. The van der Waals surface area contributed by atoms with E-state index in [1.807, 2.05) is 30.3 Å². The van der Waals surface area contributed by atoms with Gasteiger partial charge >= 0.3 is 0 Å². The summed E-state index contributed by atoms with van der Waals surface area (Å²) >= 11 is 0. The van der Waals surface area contributed by atoms with Crippen molar-refractivity contribution >= 4 is 6.29 Å². The molecule has 2 rings (SSSR count). The first-order valence-corrected chi connectivity index (χ1v) is 3.83. The molecule has 0 fully saturated rings. The minimum absolute atomic E-state index is 0.249. The van der Waals surface area contributed by atoms with E-state index in [1.54, 1.807) is 0 Å². The Labute approximate surface area is 74.6 Å². The van der Waals surface area contributed by atoms with Crippen LogP contribution in [0.2, 0.25) is 0 Å². The third-order valence-electron chi connectivity index (χ3n) is 1.65. The Balaban J connectivity index is 2.41. The van der Waals surface area contributed by atoms with E-state index in [4.69, 9.17) is 0 Å². The highest BCUT2D eigenvalue weighted by atomic mass is 16.1. The maximum Gasteiger partial charge on any atom is 0.189 e. The predicted molar refractivity (Wildman–Crippen MR) is 47.2 cm³/mol. The minimum Gasteiger partial charge on any atom is -0.294 e. The molecule has 0 saturated carbocycles. The molecule has 0 amide bonds. The Morgan fingerprint density at radius 1 is 1.23 bits per heavy atom. The van der Waals surface area contributed by atoms with E-state index < -0.39 is 0 Å². The highest BCUT2D eigenvalue weighted by molar-refractivity contribution is 5.70. The van der Waals surface area contributed by atoms with Crippen molar-refractivity contribution in [1.82, 2.24) is 15.2 Å². The van der Waals surface area contributed by atoms with Crippen LogP contribution in [0, 0.1) is 0 Å². The maximum atomic E-state index is 10.3. The second-order valence-corrected chi connectivity index (χ2v) is 2.53. The Hall–Kier alpha value is -1.97. The molecule has 0 saturated heterocycles. The van der Waals surface area contributed by atoms with Crippen LogP contribution in [0.25, 0.3) is 11.4 Å². The number of hydrogen-bond acceptors (Lipinski definition) is 3. The van der Waals surface area contributed by atoms with Crippen molar-refractivity contribution in [3.8, 4) is 11.4 Å². The van der Waals surface area contributed by atoms with Gasteiger partial charge in [-0.2, -0.15) is 5.10 Å². The van der Waals surface area contributed by atoms with Gasteiger partial charge in [-0.25, -0.2) is 4.98 Å². The lowest BCUT2D eigenvalue weighted by molar-refractivity contribution is 0.111. The van der Waals surface area contributed by atoms with Crippen LogP contribution < -0.4 is 0 Å². The molecule has 1 N–H and O–H groups in total. The zero-order chi connectivity index (χ0) is 9.10. The molecule has 4 heteroatoms. The van der Waals surface area contributed by atoms with E-state index >= 15 is 0 Å². The van der Waals surface area contributed by atoms with Gasteiger partial charge in [-0.15, -0.1) is 0 Å². The van der Waals surface area contributed by atoms with Crippen molar-refractivity contribution in [2.24, 2.45) is 0 Å². The molecule has 0 aliphatic carbocycles. The van der Waals surface area contributed by atoms with E-state index in [9.17, 15) is 4.79 Å². The summed E-state index contributed by atoms with van der Waals surface area (Å²) in [6, 6.07) is 9.48. The summed E-state index contributed by atoms with van der Waals surface area (Å²) in [4.78, 5) is 14.3. The standard InChI is InChI=1S/C9H7N3O/c13-6-8-10-9(12-11-8)7-4-2-1-3-5-7/h1-6H,(H,10,11,12). The lowest BCUT2D eigenvalue weighted by Gasteiger charge is -1.90. The van der Waals surface area contributed by atoms with Crippen molar-refractivity contribution in [1.29, 1.82) is 0 Å². The van der Waals surface area contributed by atoms with Crippen LogP contribution in [0.3, 0.4) is 0 Å². The molecule has 0 atom stereocenters. The van der Waals surface area contributed by atoms with Gasteiger partial charge in [-0.3, -0.25) is 9.89 Å². The molecule has 1 aromatic heterocycles. The Kier molecular flexibility index (Phi) is 1.88. The van der Waals surface area contributed by atoms with Crippen LogP contribution in [-0.4, -0.2) is 21.5 Å². The number of hydrogen-bond donors (Lipinski definition) is 1. The van der Waals surface area contributed by atoms with Crippen molar-refractivity contribution in [2.45, 2.75) is 0 Å². The van der Waals surface area contributed by atoms with Crippen LogP contribution in [0.1, 0.15) is 10.6 Å². The zero-order valence-electron chi connectivity index (χ0n) is 6.77. The average molecular weight is 173 g/mol. The highest BCUT2D eigenvalue weighted by Gasteiger charge is 2.02. The number of nitrogens with zero attached hydrogens (tertiary/aromatic N) is 2. The number of rotatable bonds is 2. The summed E-state index contributed by atoms with van der Waals surface area (Å²) in [6.07, 6.45) is 0.638. The number of benzene rings is 1. The topological polar surface area (TPSA) is 58.6 Å². The van der Waals surface area contributed by atoms with Gasteiger partial charge in [0.05, 0.1) is 0 Å². The first-order valence-electron chi connectivity index (χ1n) is 3.83. The molecular weight excluding hydrogens is 166 g/mol. The molecule has 64 valence electrons. The summed E-state index contributed by atoms with van der Waals surface area (Å²) in [5, 5.41) is 6.41. The molecule has 0 spiro atoms. The number of H-pyrrole nitrogens is 1. The van der Waals surface area contributed by atoms with Crippen molar-refractivity contribution in [2.75, 3.05) is 0 Å². The normalized spacial score (nSPS) is 9.85. The highest BCUT2D eigenvalue weighted by Crippen LogP contribution is 2.12. The number of aromatic nitrogens is 3. The maximum absolute atomic E-state index is 10.3. The van der Waals surface area contributed by atoms with Gasteiger partial charge in [-0.1, -0.05) is 30.3 Å². The van der Waals surface area contributed by atoms with Crippen LogP contribution in [0.4, 0.5) is 0 Å². The summed E-state index contributed by atoms with van der Waals surface area (Å²) < 4.78 is 0. The van der Waals surface area contributed by atoms with E-state index in [2.05, 4.69) is 15.2 Å². The Morgan fingerprint density at radius 2 is 2.00 bits per heavy atom. The Bertz CT molecular complexity index is 408. The van der Waals surface area contributed by atoms with Crippen LogP contribution in [0.5, 0.6) is 0 Å². The molecule has 4 nitrogen and oxygen atoms in total. The zero-order valence-corrected chi connectivity index (χ0v) is 6.77. The van der Waals surface area contributed by atoms with Crippen LogP contribution in [0.15, 0.2) is 30.3 Å². The third-order valence-corrected chi connectivity index (χ3v) is 1.65. The van der Waals surface area contributed by atoms with Crippen molar-refractivity contribution < 1.29 is 4.79 Å². The van der Waals surface area contributed by atoms with E-state index in [0.29, 0.717) is 12.1 Å². The van der Waals surface area contributed by atoms with Gasteiger partial charge in [0.2, 0.25) is 0 Å². The van der Waals surface area contributed by atoms with Crippen molar-refractivity contribution in [3.05, 3.63) is 36.2 Å². The van der Waals surface area contributed by atoms with Gasteiger partial charge in [0.25, 0.3) is 0 Å². The van der Waals surface area contributed by atoms with Crippen molar-refractivity contribution in [3.63, 3.8) is 0 Å². The molecule has 0 radical (unpaired) electrons. The third kappa shape index (κ3) is 1.46. The monoisotopic (exact) mass is 173 g/mol. The van der Waals surface area contributed by atoms with Gasteiger partial charge in [0.1, 0.15) is 0 Å². The molecule has 0 bridgehead atoms. The molecule has 1 aromatic carbocycles. The van der Waals surface area contributed by atoms with E-state index in [0.717, 1.165) is 5.56 Å². The predicted octanol–water partition coefficient (Wildman–Crippen LogP) is 1.28. The first-order chi connectivity index (χ1) is 6.40. The molecule has 2 aromatic rings. The molecule has 13 heavy (non-hydrogen) atoms.